The summed E-state index contributed by atoms with van der Waals surface area (Å²) in [5.74, 6) is 0.178. The number of hydrogen-bond acceptors (Lipinski definition) is 2. The van der Waals surface area contributed by atoms with Gasteiger partial charge in [0.15, 0.2) is 0 Å². The van der Waals surface area contributed by atoms with Crippen LogP contribution < -0.4 is 0 Å². The molecule has 0 aromatic heterocycles. The van der Waals surface area contributed by atoms with E-state index in [4.69, 9.17) is 0 Å². The predicted octanol–water partition coefficient (Wildman–Crippen LogP) is 6.45. The lowest BCUT2D eigenvalue weighted by molar-refractivity contribution is -0.132. The third-order valence-electron chi connectivity index (χ3n) is 4.93. The van der Waals surface area contributed by atoms with Crippen molar-refractivity contribution in [1.29, 1.82) is 0 Å². The Hall–Kier alpha value is -2.13. The summed E-state index contributed by atoms with van der Waals surface area (Å²) in [5, 5.41) is 9.99. The quantitative estimate of drug-likeness (QED) is 0.264. The first-order chi connectivity index (χ1) is 14.7. The van der Waals surface area contributed by atoms with E-state index >= 15 is 0 Å². The molecule has 166 valence electrons. The van der Waals surface area contributed by atoms with Gasteiger partial charge in [0.1, 0.15) is 0 Å². The van der Waals surface area contributed by atoms with Crippen LogP contribution in [0.15, 0.2) is 72.9 Å². The highest BCUT2D eigenvalue weighted by molar-refractivity contribution is 5.76. The standard InChI is InChI=1S/C27H41NO2/c1-2-3-4-5-6-7-8-9-10-11-12-13-14-15-16-18-21-26(29)22-23-27(30)28-24-19-17-20-25-28/h3-4,6-7,9-10,12-13,15-16,18,21,26,29H,2,5,8,11,14,17,19-20,22-25H2,1H3/b4-3-,7-6-,10-9-,13-12-,16-15-,21-18+. The third kappa shape index (κ3) is 14.8. The average molecular weight is 412 g/mol. The van der Waals surface area contributed by atoms with Crippen LogP contribution in [0, 0.1) is 0 Å². The number of amides is 1. The van der Waals surface area contributed by atoms with Crippen LogP contribution >= 0.6 is 0 Å². The summed E-state index contributed by atoms with van der Waals surface area (Å²) in [6.45, 7) is 3.91. The number of rotatable bonds is 14. The zero-order valence-corrected chi connectivity index (χ0v) is 18.8. The molecule has 1 amide bonds. The monoisotopic (exact) mass is 411 g/mol. The molecule has 1 unspecified atom stereocenters. The molecule has 1 atom stereocenters. The van der Waals surface area contributed by atoms with Gasteiger partial charge in [-0.2, -0.15) is 0 Å². The van der Waals surface area contributed by atoms with Gasteiger partial charge in [0.2, 0.25) is 5.91 Å². The maximum atomic E-state index is 12.1. The van der Waals surface area contributed by atoms with Crippen molar-refractivity contribution in [2.45, 2.75) is 77.2 Å². The van der Waals surface area contributed by atoms with Crippen LogP contribution in [0.5, 0.6) is 0 Å². The second-order valence-corrected chi connectivity index (χ2v) is 7.60. The minimum absolute atomic E-state index is 0.178. The first-order valence-electron chi connectivity index (χ1n) is 11.6. The second-order valence-electron chi connectivity index (χ2n) is 7.60. The fourth-order valence-corrected chi connectivity index (χ4v) is 3.17. The minimum Gasteiger partial charge on any atom is -0.389 e. The molecule has 1 aliphatic heterocycles. The summed E-state index contributed by atoms with van der Waals surface area (Å²) >= 11 is 0. The summed E-state index contributed by atoms with van der Waals surface area (Å²) in [7, 11) is 0. The van der Waals surface area contributed by atoms with E-state index in [-0.39, 0.29) is 5.91 Å². The maximum absolute atomic E-state index is 12.1. The number of allylic oxidation sites excluding steroid dienone is 11. The SMILES string of the molecule is CC/C=C\C/C=C\C/C=C\C/C=C\C/C=C\C=C\C(O)CCC(=O)N1CCCCC1. The van der Waals surface area contributed by atoms with Gasteiger partial charge in [0, 0.05) is 19.5 Å². The zero-order valence-electron chi connectivity index (χ0n) is 18.8. The van der Waals surface area contributed by atoms with Crippen LogP contribution in [-0.2, 0) is 4.79 Å². The second kappa shape index (κ2) is 18.9. The van der Waals surface area contributed by atoms with Crippen LogP contribution in [0.4, 0.5) is 0 Å². The van der Waals surface area contributed by atoms with Crippen molar-refractivity contribution in [3.05, 3.63) is 72.9 Å². The molecule has 30 heavy (non-hydrogen) atoms. The lowest BCUT2D eigenvalue weighted by Gasteiger charge is -2.26. The lowest BCUT2D eigenvalue weighted by atomic mass is 10.1. The molecule has 0 bridgehead atoms. The first-order valence-corrected chi connectivity index (χ1v) is 11.6. The first kappa shape index (κ1) is 25.9. The van der Waals surface area contributed by atoms with Gasteiger partial charge in [0.25, 0.3) is 0 Å². The van der Waals surface area contributed by atoms with E-state index in [2.05, 4.69) is 61.6 Å². The fourth-order valence-electron chi connectivity index (χ4n) is 3.17. The highest BCUT2D eigenvalue weighted by atomic mass is 16.3. The van der Waals surface area contributed by atoms with E-state index in [1.165, 1.54) is 6.42 Å². The van der Waals surface area contributed by atoms with Gasteiger partial charge in [-0.05, 0) is 57.8 Å². The van der Waals surface area contributed by atoms with Crippen LogP contribution in [0.2, 0.25) is 0 Å². The number of carbonyl (C=O) groups is 1. The van der Waals surface area contributed by atoms with Crippen molar-refractivity contribution in [3.8, 4) is 0 Å². The van der Waals surface area contributed by atoms with Gasteiger partial charge in [-0.1, -0.05) is 79.8 Å². The number of hydrogen-bond donors (Lipinski definition) is 1. The smallest absolute Gasteiger partial charge is 0.222 e. The van der Waals surface area contributed by atoms with Gasteiger partial charge >= 0.3 is 0 Å². The van der Waals surface area contributed by atoms with E-state index in [1.807, 2.05) is 17.1 Å². The summed E-state index contributed by atoms with van der Waals surface area (Å²) in [6.07, 6.45) is 33.9. The topological polar surface area (TPSA) is 40.5 Å². The molecule has 1 saturated heterocycles. The minimum atomic E-state index is -0.555. The number of piperidine rings is 1. The highest BCUT2D eigenvalue weighted by Gasteiger charge is 2.16. The molecule has 1 N–H and O–H groups in total. The number of aliphatic hydroxyl groups excluding tert-OH is 1. The Labute approximate surface area is 184 Å². The molecule has 0 aromatic rings. The molecule has 0 aliphatic carbocycles. The van der Waals surface area contributed by atoms with Gasteiger partial charge in [-0.15, -0.1) is 0 Å². The van der Waals surface area contributed by atoms with Crippen molar-refractivity contribution in [1.82, 2.24) is 4.90 Å². The van der Waals surface area contributed by atoms with Gasteiger partial charge in [-0.3, -0.25) is 4.79 Å². The van der Waals surface area contributed by atoms with E-state index in [0.29, 0.717) is 12.8 Å². The summed E-state index contributed by atoms with van der Waals surface area (Å²) in [6, 6.07) is 0. The van der Waals surface area contributed by atoms with Crippen molar-refractivity contribution in [3.63, 3.8) is 0 Å². The Morgan fingerprint density at radius 2 is 1.33 bits per heavy atom. The fraction of sp³-hybridized carbons (Fsp3) is 0.519. The van der Waals surface area contributed by atoms with E-state index < -0.39 is 6.10 Å². The molecule has 0 saturated carbocycles. The van der Waals surface area contributed by atoms with Crippen molar-refractivity contribution >= 4 is 5.91 Å². The van der Waals surface area contributed by atoms with E-state index in [1.54, 1.807) is 6.08 Å². The van der Waals surface area contributed by atoms with Crippen molar-refractivity contribution < 1.29 is 9.90 Å². The highest BCUT2D eigenvalue weighted by Crippen LogP contribution is 2.11. The van der Waals surface area contributed by atoms with E-state index in [9.17, 15) is 9.90 Å². The van der Waals surface area contributed by atoms with Crippen LogP contribution in [0.25, 0.3) is 0 Å². The predicted molar refractivity (Wildman–Crippen MR) is 129 cm³/mol. The van der Waals surface area contributed by atoms with Crippen molar-refractivity contribution in [2.75, 3.05) is 13.1 Å². The molecule has 0 aromatic carbocycles. The third-order valence-corrected chi connectivity index (χ3v) is 4.93. The Morgan fingerprint density at radius 1 is 0.800 bits per heavy atom. The molecule has 3 heteroatoms. The molecule has 0 spiro atoms. The van der Waals surface area contributed by atoms with Gasteiger partial charge in [0.05, 0.1) is 6.10 Å². The molecule has 1 aliphatic rings. The molecular formula is C27H41NO2. The van der Waals surface area contributed by atoms with E-state index in [0.717, 1.165) is 58.0 Å². The number of carbonyl (C=O) groups excluding carboxylic acids is 1. The Morgan fingerprint density at radius 3 is 1.90 bits per heavy atom. The van der Waals surface area contributed by atoms with Gasteiger partial charge < -0.3 is 10.0 Å². The number of nitrogens with zero attached hydrogens (tertiary/aromatic N) is 1. The number of likely N-dealkylation sites (tertiary alicyclic amines) is 1. The molecule has 1 fully saturated rings. The van der Waals surface area contributed by atoms with Gasteiger partial charge in [-0.25, -0.2) is 0 Å². The molecule has 0 radical (unpaired) electrons. The van der Waals surface area contributed by atoms with Crippen molar-refractivity contribution in [2.24, 2.45) is 0 Å². The van der Waals surface area contributed by atoms with Crippen LogP contribution in [0.3, 0.4) is 0 Å². The maximum Gasteiger partial charge on any atom is 0.222 e. The molecule has 3 nitrogen and oxygen atoms in total. The summed E-state index contributed by atoms with van der Waals surface area (Å²) in [5.41, 5.74) is 0. The summed E-state index contributed by atoms with van der Waals surface area (Å²) < 4.78 is 0. The molecule has 1 heterocycles. The summed E-state index contributed by atoms with van der Waals surface area (Å²) in [4.78, 5) is 14.0. The lowest BCUT2D eigenvalue weighted by Crippen LogP contribution is -2.35. The normalized spacial score (nSPS) is 17.1. The Kier molecular flexibility index (Phi) is 16.3. The number of aliphatic hydroxyl groups is 1. The van der Waals surface area contributed by atoms with Crippen LogP contribution in [-0.4, -0.2) is 35.1 Å². The Bertz CT molecular complexity index is 604. The molecule has 1 rings (SSSR count). The molecular weight excluding hydrogens is 370 g/mol. The Balaban J connectivity index is 2.04. The van der Waals surface area contributed by atoms with Crippen LogP contribution in [0.1, 0.15) is 71.1 Å². The zero-order chi connectivity index (χ0) is 21.7. The average Bonchev–Trinajstić information content (AvgIpc) is 2.77. The largest absolute Gasteiger partial charge is 0.389 e.